The number of benzene rings is 9. The molecule has 13 rings (SSSR count). The maximum absolute atomic E-state index is 15.5. The molecule has 63 heavy (non-hydrogen) atoms. The lowest BCUT2D eigenvalue weighted by Gasteiger charge is -2.15. The average molecular weight is 806 g/mol. The van der Waals surface area contributed by atoms with Crippen LogP contribution in [0.3, 0.4) is 0 Å². The van der Waals surface area contributed by atoms with Crippen LogP contribution in [0.2, 0.25) is 0 Å². The molecule has 0 saturated heterocycles. The zero-order valence-corrected chi connectivity index (χ0v) is 33.9. The van der Waals surface area contributed by atoms with Crippen LogP contribution in [0.5, 0.6) is 0 Å². The van der Waals surface area contributed by atoms with Gasteiger partial charge in [-0.25, -0.2) is 9.97 Å². The third-order valence-corrected chi connectivity index (χ3v) is 12.6. The van der Waals surface area contributed by atoms with E-state index in [2.05, 4.69) is 155 Å². The molecule has 6 heteroatoms. The third kappa shape index (κ3) is 5.28. The molecule has 0 aliphatic heterocycles. The molecular weight excluding hydrogens is 771 g/mol. The van der Waals surface area contributed by atoms with Crippen LogP contribution in [0.4, 0.5) is 0 Å². The van der Waals surface area contributed by atoms with E-state index < -0.39 is 0 Å². The summed E-state index contributed by atoms with van der Waals surface area (Å²) in [4.78, 5) is 26.4. The number of rotatable bonds is 5. The van der Waals surface area contributed by atoms with Crippen LogP contribution in [0.1, 0.15) is 0 Å². The first-order chi connectivity index (χ1) is 31.2. The van der Waals surface area contributed by atoms with E-state index in [1.54, 1.807) is 0 Å². The minimum atomic E-state index is -0.105. The second-order valence-corrected chi connectivity index (χ2v) is 16.1. The molecule has 294 valence electrons. The Bertz CT molecular complexity index is 4040. The van der Waals surface area contributed by atoms with Crippen LogP contribution in [-0.4, -0.2) is 23.7 Å². The summed E-state index contributed by atoms with van der Waals surface area (Å²) in [5, 5.41) is 7.82. The first-order valence-electron chi connectivity index (χ1n) is 21.2. The zero-order valence-electron chi connectivity index (χ0n) is 33.9. The van der Waals surface area contributed by atoms with E-state index in [0.29, 0.717) is 11.3 Å². The molecule has 0 fully saturated rings. The molecule has 0 spiro atoms. The van der Waals surface area contributed by atoms with Gasteiger partial charge >= 0.3 is 0 Å². The van der Waals surface area contributed by atoms with Gasteiger partial charge in [-0.05, 0) is 83.2 Å². The summed E-state index contributed by atoms with van der Waals surface area (Å²) in [6.07, 6.45) is 0. The first-order valence-corrected chi connectivity index (χ1v) is 21.2. The Morgan fingerprint density at radius 2 is 0.889 bits per heavy atom. The third-order valence-electron chi connectivity index (χ3n) is 12.6. The highest BCUT2D eigenvalue weighted by atomic mass is 16.1. The molecule has 13 aromatic rings. The summed E-state index contributed by atoms with van der Waals surface area (Å²) in [5.41, 5.74) is 11.3. The van der Waals surface area contributed by atoms with Crippen molar-refractivity contribution in [3.05, 3.63) is 223 Å². The Morgan fingerprint density at radius 3 is 1.60 bits per heavy atom. The van der Waals surface area contributed by atoms with E-state index in [1.165, 1.54) is 5.39 Å². The van der Waals surface area contributed by atoms with E-state index in [0.717, 1.165) is 99.2 Å². The van der Waals surface area contributed by atoms with Gasteiger partial charge in [0, 0.05) is 49.3 Å². The Hall–Kier alpha value is -8.61. The minimum absolute atomic E-state index is 0.105. The number of aromatic nitrogens is 5. The van der Waals surface area contributed by atoms with Gasteiger partial charge in [0.1, 0.15) is 0 Å². The van der Waals surface area contributed by atoms with Crippen molar-refractivity contribution in [1.82, 2.24) is 23.7 Å². The molecule has 4 aromatic heterocycles. The van der Waals surface area contributed by atoms with Crippen molar-refractivity contribution in [2.75, 3.05) is 0 Å². The van der Waals surface area contributed by atoms with Gasteiger partial charge in [0.2, 0.25) is 5.95 Å². The van der Waals surface area contributed by atoms with Crippen LogP contribution in [0.15, 0.2) is 217 Å². The topological polar surface area (TPSA) is 57.6 Å². The van der Waals surface area contributed by atoms with Crippen molar-refractivity contribution in [2.24, 2.45) is 0 Å². The number of fused-ring (bicyclic) bond motifs is 11. The Morgan fingerprint density at radius 1 is 0.349 bits per heavy atom. The quantitative estimate of drug-likeness (QED) is 0.163. The van der Waals surface area contributed by atoms with E-state index >= 15 is 4.79 Å². The van der Waals surface area contributed by atoms with Crippen LogP contribution in [0, 0.1) is 0 Å². The number of para-hydroxylation sites is 4. The summed E-state index contributed by atoms with van der Waals surface area (Å²) in [5.74, 6) is 0.502. The summed E-state index contributed by atoms with van der Waals surface area (Å²) in [6, 6.07) is 73.4. The predicted molar refractivity (Wildman–Crippen MR) is 260 cm³/mol. The molecule has 0 unspecified atom stereocenters. The normalized spacial score (nSPS) is 11.9. The Kier molecular flexibility index (Phi) is 7.65. The monoisotopic (exact) mass is 805 g/mol. The SMILES string of the molecule is O=c1c2c3cc(-c4ccc5c(c4)c4ccccc4n5-c4ccccc4)ccc3n(-c3nc(-c4ccccc4)c4ccc5ccccc5c4n3)c2c2ccccc2n1-c1ccccc1. The fourth-order valence-corrected chi connectivity index (χ4v) is 9.85. The van der Waals surface area contributed by atoms with Gasteiger partial charge in [0.05, 0.1) is 44.2 Å². The predicted octanol–water partition coefficient (Wildman–Crippen LogP) is 13.6. The van der Waals surface area contributed by atoms with Crippen LogP contribution in [-0.2, 0) is 0 Å². The maximum Gasteiger partial charge on any atom is 0.265 e. The number of nitrogens with zero attached hydrogens (tertiary/aromatic N) is 5. The van der Waals surface area contributed by atoms with Crippen LogP contribution < -0.4 is 5.56 Å². The lowest BCUT2D eigenvalue weighted by Crippen LogP contribution is -2.19. The smallest absolute Gasteiger partial charge is 0.265 e. The molecule has 0 radical (unpaired) electrons. The molecule has 0 saturated carbocycles. The Balaban J connectivity index is 1.14. The maximum atomic E-state index is 15.5. The fourth-order valence-electron chi connectivity index (χ4n) is 9.85. The van der Waals surface area contributed by atoms with Gasteiger partial charge in [-0.3, -0.25) is 13.9 Å². The van der Waals surface area contributed by atoms with E-state index in [4.69, 9.17) is 9.97 Å². The van der Waals surface area contributed by atoms with E-state index in [9.17, 15) is 0 Å². The lowest BCUT2D eigenvalue weighted by atomic mass is 10.0. The highest BCUT2D eigenvalue weighted by Crippen LogP contribution is 2.40. The number of hydrogen-bond acceptors (Lipinski definition) is 3. The van der Waals surface area contributed by atoms with Gasteiger partial charge in [0.15, 0.2) is 0 Å². The second kappa shape index (κ2) is 13.7. The summed E-state index contributed by atoms with van der Waals surface area (Å²) in [6.45, 7) is 0. The van der Waals surface area contributed by atoms with Crippen molar-refractivity contribution in [3.63, 3.8) is 0 Å². The van der Waals surface area contributed by atoms with E-state index in [-0.39, 0.29) is 5.56 Å². The van der Waals surface area contributed by atoms with Crippen LogP contribution >= 0.6 is 0 Å². The summed E-state index contributed by atoms with van der Waals surface area (Å²) >= 11 is 0. The molecule has 0 atom stereocenters. The molecule has 0 amide bonds. The fraction of sp³-hybridized carbons (Fsp3) is 0. The van der Waals surface area contributed by atoms with Crippen molar-refractivity contribution < 1.29 is 0 Å². The second-order valence-electron chi connectivity index (χ2n) is 16.1. The largest absolute Gasteiger partial charge is 0.309 e. The van der Waals surface area contributed by atoms with Crippen molar-refractivity contribution in [2.45, 2.75) is 0 Å². The molecule has 6 nitrogen and oxygen atoms in total. The molecule has 9 aromatic carbocycles. The van der Waals surface area contributed by atoms with Gasteiger partial charge in [-0.2, -0.15) is 0 Å². The molecule has 0 N–H and O–H groups in total. The molecule has 0 aliphatic carbocycles. The summed E-state index contributed by atoms with van der Waals surface area (Å²) < 4.78 is 6.31. The molecule has 0 bridgehead atoms. The minimum Gasteiger partial charge on any atom is -0.309 e. The summed E-state index contributed by atoms with van der Waals surface area (Å²) in [7, 11) is 0. The van der Waals surface area contributed by atoms with Gasteiger partial charge in [0.25, 0.3) is 5.56 Å². The van der Waals surface area contributed by atoms with Crippen LogP contribution in [0.25, 0.3) is 116 Å². The Labute approximate surface area is 360 Å². The molecular formula is C57H35N5O. The molecule has 0 aliphatic rings. The highest BCUT2D eigenvalue weighted by Gasteiger charge is 2.25. The van der Waals surface area contributed by atoms with E-state index in [1.807, 2.05) is 71.3 Å². The van der Waals surface area contributed by atoms with Crippen molar-refractivity contribution >= 4 is 76.2 Å². The van der Waals surface area contributed by atoms with Crippen molar-refractivity contribution in [3.8, 4) is 39.7 Å². The van der Waals surface area contributed by atoms with Crippen molar-refractivity contribution in [1.29, 1.82) is 0 Å². The molecule has 4 heterocycles. The van der Waals surface area contributed by atoms with Gasteiger partial charge < -0.3 is 4.57 Å². The average Bonchev–Trinajstić information content (AvgIpc) is 3.88. The number of hydrogen-bond donors (Lipinski definition) is 0. The van der Waals surface area contributed by atoms with Gasteiger partial charge in [-0.1, -0.05) is 146 Å². The lowest BCUT2D eigenvalue weighted by molar-refractivity contribution is 1.01. The van der Waals surface area contributed by atoms with Gasteiger partial charge in [-0.15, -0.1) is 0 Å². The highest BCUT2D eigenvalue weighted by molar-refractivity contribution is 6.19. The standard InChI is InChI=1S/C57H35N5O/c63-56-52-47-35-39(38-29-32-50-46(34-38)43-24-12-14-26-48(43)60(50)40-19-6-2-7-20-40)30-33-51(47)62(55(52)44-25-13-15-27-49(44)61(56)41-21-8-3-9-22-41)57-58-53(37-17-4-1-5-18-37)45-31-28-36-16-10-11-23-42(36)54(45)59-57/h1-35H. The number of pyridine rings is 1. The first kappa shape index (κ1) is 35.2. The zero-order chi connectivity index (χ0) is 41.6.